The fraction of sp³-hybridized carbons (Fsp3) is 0.900. The van der Waals surface area contributed by atoms with Gasteiger partial charge in [0.15, 0.2) is 0 Å². The molecule has 0 spiro atoms. The van der Waals surface area contributed by atoms with Crippen molar-refractivity contribution < 1.29 is 34.8 Å². The lowest BCUT2D eigenvalue weighted by Crippen LogP contribution is -2.32. The topological polar surface area (TPSA) is 124 Å². The highest BCUT2D eigenvalue weighted by molar-refractivity contribution is 15.0. The zero-order chi connectivity index (χ0) is 23.0. The number of aliphatic hydroxyl groups excluding tert-OH is 3. The quantitative estimate of drug-likeness (QED) is 0.207. The minimum Gasteiger partial charge on any atom is -0.481 e. The molecule has 0 saturated carbocycles. The second-order valence-electron chi connectivity index (χ2n) is 8.29. The molecule has 9 heteroatoms. The van der Waals surface area contributed by atoms with Crippen LogP contribution in [-0.2, 0) is 14.3 Å². The molecule has 1 aliphatic heterocycles. The summed E-state index contributed by atoms with van der Waals surface area (Å²) in [6, 6.07) is 0. The van der Waals surface area contributed by atoms with Crippen LogP contribution >= 0.6 is 37.2 Å². The molecule has 0 radical (unpaired) electrons. The summed E-state index contributed by atoms with van der Waals surface area (Å²) in [5, 5.41) is 36.3. The summed E-state index contributed by atoms with van der Waals surface area (Å²) < 4.78 is 5.11. The van der Waals surface area contributed by atoms with E-state index < -0.39 is 24.3 Å². The number of hydrogen-bond acceptors (Lipinski definition) is 6. The van der Waals surface area contributed by atoms with Crippen LogP contribution in [0.25, 0.3) is 0 Å². The maximum atomic E-state index is 10.9. The van der Waals surface area contributed by atoms with Gasteiger partial charge >= 0.3 is 11.9 Å². The standard InChI is InChI=1S/C10H20O4.C10H18O3.I2/c1-7(2)3-4-8(11)5-9(12)6-10(13)14;1-7(2)3-4-9-5-8(11)6-10(12)13-9;1-2/h7-9,11-12H,3-6H2,1-2H3,(H,13,14);7-9,11H,3-6H2,1-2H3;/t;8-,9?;/m.1./s1. The molecule has 0 bridgehead atoms. The first-order valence-corrected chi connectivity index (χ1v) is 16.4. The molecule has 7 nitrogen and oxygen atoms in total. The molecule has 1 fully saturated rings. The molecule has 0 aliphatic carbocycles. The van der Waals surface area contributed by atoms with E-state index >= 15 is 0 Å². The van der Waals surface area contributed by atoms with Gasteiger partial charge < -0.3 is 25.2 Å². The van der Waals surface area contributed by atoms with Crippen LogP contribution in [0.4, 0.5) is 0 Å². The summed E-state index contributed by atoms with van der Waals surface area (Å²) in [5.74, 6) is -0.153. The monoisotopic (exact) mass is 644 g/mol. The molecule has 1 rings (SSSR count). The molecule has 0 amide bonds. The third-order valence-electron chi connectivity index (χ3n) is 4.33. The first-order chi connectivity index (χ1) is 13.5. The Kier molecular flexibility index (Phi) is 20.6. The van der Waals surface area contributed by atoms with Gasteiger partial charge in [-0.25, -0.2) is 0 Å². The first-order valence-electron chi connectivity index (χ1n) is 10.1. The van der Waals surface area contributed by atoms with E-state index in [0.717, 1.165) is 19.3 Å². The minimum absolute atomic E-state index is 0.0568. The molecule has 0 aromatic rings. The van der Waals surface area contributed by atoms with Crippen molar-refractivity contribution in [1.29, 1.82) is 0 Å². The lowest BCUT2D eigenvalue weighted by Gasteiger charge is -2.26. The predicted octanol–water partition coefficient (Wildman–Crippen LogP) is 4.27. The number of esters is 1. The fourth-order valence-corrected chi connectivity index (χ4v) is 2.80. The van der Waals surface area contributed by atoms with E-state index in [0.29, 0.717) is 24.7 Å². The highest BCUT2D eigenvalue weighted by atomic mass is 128. The molecule has 3 unspecified atom stereocenters. The second-order valence-corrected chi connectivity index (χ2v) is 8.29. The normalized spacial score (nSPS) is 20.7. The Labute approximate surface area is 198 Å². The number of ether oxygens (including phenoxy) is 1. The molecule has 1 saturated heterocycles. The summed E-state index contributed by atoms with van der Waals surface area (Å²) >= 11 is 4.24. The van der Waals surface area contributed by atoms with Crippen molar-refractivity contribution in [3.8, 4) is 0 Å². The first kappa shape index (κ1) is 31.5. The van der Waals surface area contributed by atoms with Crippen LogP contribution < -0.4 is 0 Å². The van der Waals surface area contributed by atoms with Crippen molar-refractivity contribution >= 4 is 49.2 Å². The second kappa shape index (κ2) is 19.0. The van der Waals surface area contributed by atoms with Gasteiger partial charge in [0.25, 0.3) is 0 Å². The lowest BCUT2D eigenvalue weighted by molar-refractivity contribution is -0.160. The zero-order valence-corrected chi connectivity index (χ0v) is 22.2. The van der Waals surface area contributed by atoms with E-state index in [1.165, 1.54) is 0 Å². The van der Waals surface area contributed by atoms with Crippen molar-refractivity contribution in [2.45, 2.75) is 103 Å². The predicted molar refractivity (Wildman–Crippen MR) is 130 cm³/mol. The largest absolute Gasteiger partial charge is 0.481 e. The Hall–Kier alpha value is 0.280. The summed E-state index contributed by atoms with van der Waals surface area (Å²) in [6.07, 6.45) is 1.99. The average molecular weight is 644 g/mol. The van der Waals surface area contributed by atoms with Crippen molar-refractivity contribution in [3.63, 3.8) is 0 Å². The zero-order valence-electron chi connectivity index (χ0n) is 17.9. The van der Waals surface area contributed by atoms with Gasteiger partial charge in [0.1, 0.15) is 6.10 Å². The van der Waals surface area contributed by atoms with Crippen molar-refractivity contribution in [1.82, 2.24) is 0 Å². The van der Waals surface area contributed by atoms with E-state index in [1.54, 1.807) is 0 Å². The molecule has 1 heterocycles. The van der Waals surface area contributed by atoms with Crippen LogP contribution in [0.2, 0.25) is 0 Å². The van der Waals surface area contributed by atoms with Crippen molar-refractivity contribution in [3.05, 3.63) is 0 Å². The van der Waals surface area contributed by atoms with Gasteiger partial charge in [-0.1, -0.05) is 27.7 Å². The molecule has 1 aliphatic rings. The molecule has 0 aromatic heterocycles. The van der Waals surface area contributed by atoms with Crippen LogP contribution in [0.15, 0.2) is 0 Å². The van der Waals surface area contributed by atoms with Gasteiger partial charge in [0, 0.05) is 43.7 Å². The minimum atomic E-state index is -1.03. The van der Waals surface area contributed by atoms with Gasteiger partial charge in [-0.2, -0.15) is 0 Å². The number of carbonyl (C=O) groups is 2. The van der Waals surface area contributed by atoms with Crippen LogP contribution in [0, 0.1) is 11.8 Å². The Balaban J connectivity index is 0. The summed E-state index contributed by atoms with van der Waals surface area (Å²) in [4.78, 5) is 21.2. The molecule has 4 N–H and O–H groups in total. The third-order valence-corrected chi connectivity index (χ3v) is 4.33. The maximum absolute atomic E-state index is 10.9. The van der Waals surface area contributed by atoms with Crippen molar-refractivity contribution in [2.24, 2.45) is 11.8 Å². The third kappa shape index (κ3) is 21.3. The highest BCUT2D eigenvalue weighted by Gasteiger charge is 2.26. The smallest absolute Gasteiger partial charge is 0.308 e. The molecule has 4 atom stereocenters. The molecule has 174 valence electrons. The number of carboxylic acid groups (broad SMARTS) is 1. The Morgan fingerprint density at radius 2 is 1.62 bits per heavy atom. The fourth-order valence-electron chi connectivity index (χ4n) is 2.80. The summed E-state index contributed by atoms with van der Waals surface area (Å²) in [7, 11) is 0. The highest BCUT2D eigenvalue weighted by Crippen LogP contribution is 2.20. The van der Waals surface area contributed by atoms with E-state index in [1.807, 2.05) is 0 Å². The van der Waals surface area contributed by atoms with E-state index in [4.69, 9.17) is 9.84 Å². The Morgan fingerprint density at radius 1 is 1.07 bits per heavy atom. The van der Waals surface area contributed by atoms with Crippen molar-refractivity contribution in [2.75, 3.05) is 0 Å². The Bertz CT molecular complexity index is 433. The number of aliphatic hydroxyl groups is 3. The molecule has 29 heavy (non-hydrogen) atoms. The number of carbonyl (C=O) groups excluding carboxylic acids is 1. The van der Waals surface area contributed by atoms with Gasteiger partial charge in [0.2, 0.25) is 0 Å². The summed E-state index contributed by atoms with van der Waals surface area (Å²) in [5.41, 5.74) is 0. The SMILES string of the molecule is CC(C)CCC(O)CC(O)CC(=O)O.CC(C)CCC1C[C@@H](O)CC(=O)O1.II. The van der Waals surface area contributed by atoms with Crippen LogP contribution in [0.3, 0.4) is 0 Å². The van der Waals surface area contributed by atoms with Crippen LogP contribution in [-0.4, -0.2) is 56.8 Å². The van der Waals surface area contributed by atoms with Crippen LogP contribution in [0.5, 0.6) is 0 Å². The van der Waals surface area contributed by atoms with E-state index in [2.05, 4.69) is 64.9 Å². The number of hydrogen-bond donors (Lipinski definition) is 4. The van der Waals surface area contributed by atoms with Gasteiger partial charge in [-0.15, -0.1) is 0 Å². The molecule has 0 aromatic carbocycles. The number of aliphatic carboxylic acids is 1. The number of cyclic esters (lactones) is 1. The van der Waals surface area contributed by atoms with Gasteiger partial charge in [0.05, 0.1) is 31.2 Å². The van der Waals surface area contributed by atoms with E-state index in [9.17, 15) is 24.9 Å². The lowest BCUT2D eigenvalue weighted by atomic mass is 9.98. The number of rotatable bonds is 10. The maximum Gasteiger partial charge on any atom is 0.308 e. The Morgan fingerprint density at radius 3 is 2.07 bits per heavy atom. The summed E-state index contributed by atoms with van der Waals surface area (Å²) in [6.45, 7) is 8.39. The molecular weight excluding hydrogens is 606 g/mol. The van der Waals surface area contributed by atoms with Gasteiger partial charge in [-0.05, 0) is 43.9 Å². The van der Waals surface area contributed by atoms with Crippen LogP contribution in [0.1, 0.15) is 79.1 Å². The number of carboxylic acids is 1. The van der Waals surface area contributed by atoms with E-state index in [-0.39, 0.29) is 31.3 Å². The van der Waals surface area contributed by atoms with Gasteiger partial charge in [-0.3, -0.25) is 9.59 Å². The number of halogens is 2. The average Bonchev–Trinajstić information content (AvgIpc) is 2.59. The molecular formula is C20H38I2O7.